The van der Waals surface area contributed by atoms with Gasteiger partial charge in [0.25, 0.3) is 5.91 Å². The van der Waals surface area contributed by atoms with E-state index >= 15 is 0 Å². The molecule has 0 saturated carbocycles. The van der Waals surface area contributed by atoms with Crippen LogP contribution in [0.25, 0.3) is 0 Å². The molecule has 2 aliphatic heterocycles. The molecule has 1 N–H and O–H groups in total. The molecule has 0 radical (unpaired) electrons. The highest BCUT2D eigenvalue weighted by atomic mass is 16.5. The Balaban J connectivity index is 1.42. The Morgan fingerprint density at radius 2 is 2.23 bits per heavy atom. The van der Waals surface area contributed by atoms with E-state index in [4.69, 9.17) is 4.74 Å². The topological polar surface area (TPSA) is 67.4 Å². The summed E-state index contributed by atoms with van der Waals surface area (Å²) in [5, 5.41) is 3.51. The van der Waals surface area contributed by atoms with Crippen molar-refractivity contribution in [2.75, 3.05) is 25.0 Å². The number of nitrogens with one attached hydrogen (secondary N) is 1. The van der Waals surface area contributed by atoms with Crippen LogP contribution in [-0.4, -0.2) is 52.1 Å². The molecule has 6 heteroatoms. The Morgan fingerprint density at radius 1 is 1.31 bits per heavy atom. The van der Waals surface area contributed by atoms with Crippen molar-refractivity contribution in [1.29, 1.82) is 0 Å². The van der Waals surface area contributed by atoms with Gasteiger partial charge in [0.15, 0.2) is 0 Å². The number of likely N-dealkylation sites (tertiary alicyclic amines) is 1. The third kappa shape index (κ3) is 3.55. The van der Waals surface area contributed by atoms with Crippen LogP contribution in [0, 0.1) is 6.92 Å². The third-order valence-electron chi connectivity index (χ3n) is 5.25. The zero-order valence-corrected chi connectivity index (χ0v) is 15.0. The number of carbonyl (C=O) groups excluding carboxylic acids is 1. The number of rotatable bonds is 3. The van der Waals surface area contributed by atoms with E-state index < -0.39 is 0 Å². The van der Waals surface area contributed by atoms with Gasteiger partial charge in [-0.3, -0.25) is 9.78 Å². The number of carbonyl (C=O) groups is 1. The Morgan fingerprint density at radius 3 is 3.04 bits per heavy atom. The maximum atomic E-state index is 12.8. The predicted octanol–water partition coefficient (Wildman–Crippen LogP) is 2.66. The van der Waals surface area contributed by atoms with Crippen molar-refractivity contribution in [1.82, 2.24) is 14.9 Å². The Bertz CT molecular complexity index is 782. The molecule has 0 aliphatic carbocycles. The number of aromatic nitrogens is 2. The van der Waals surface area contributed by atoms with Gasteiger partial charge in [0, 0.05) is 31.6 Å². The molecule has 0 unspecified atom stereocenters. The van der Waals surface area contributed by atoms with Crippen molar-refractivity contribution in [3.05, 3.63) is 54.0 Å². The normalized spacial score (nSPS) is 25.4. The van der Waals surface area contributed by atoms with Gasteiger partial charge in [-0.1, -0.05) is 6.07 Å². The summed E-state index contributed by atoms with van der Waals surface area (Å²) in [6, 6.07) is 9.94. The first-order valence-electron chi connectivity index (χ1n) is 9.17. The summed E-state index contributed by atoms with van der Waals surface area (Å²) in [7, 11) is 0. The molecule has 2 aromatic heterocycles. The van der Waals surface area contributed by atoms with Crippen LogP contribution in [0.2, 0.25) is 0 Å². The summed E-state index contributed by atoms with van der Waals surface area (Å²) >= 11 is 0. The fourth-order valence-corrected chi connectivity index (χ4v) is 3.93. The van der Waals surface area contributed by atoms with Crippen molar-refractivity contribution in [3.8, 4) is 0 Å². The highest BCUT2D eigenvalue weighted by Crippen LogP contribution is 2.35. The molecule has 4 heterocycles. The fraction of sp³-hybridized carbons (Fsp3) is 0.450. The van der Waals surface area contributed by atoms with Crippen LogP contribution in [0.1, 0.15) is 35.3 Å². The van der Waals surface area contributed by atoms with E-state index in [0.717, 1.165) is 30.6 Å². The zero-order valence-electron chi connectivity index (χ0n) is 15.0. The van der Waals surface area contributed by atoms with E-state index in [-0.39, 0.29) is 11.5 Å². The van der Waals surface area contributed by atoms with E-state index in [1.807, 2.05) is 42.2 Å². The number of aryl methyl sites for hydroxylation is 1. The summed E-state index contributed by atoms with van der Waals surface area (Å²) in [6.07, 6.45) is 6.19. The maximum absolute atomic E-state index is 12.8. The second-order valence-corrected chi connectivity index (χ2v) is 7.28. The van der Waals surface area contributed by atoms with E-state index in [1.165, 1.54) is 0 Å². The Hall–Kier alpha value is -2.47. The van der Waals surface area contributed by atoms with E-state index in [1.54, 1.807) is 12.4 Å². The number of pyridine rings is 2. The van der Waals surface area contributed by atoms with Crippen molar-refractivity contribution < 1.29 is 9.53 Å². The summed E-state index contributed by atoms with van der Waals surface area (Å²) in [5.74, 6) is 0.887. The molecule has 2 saturated heterocycles. The molecule has 6 nitrogen and oxygen atoms in total. The minimum absolute atomic E-state index is 0.00557. The van der Waals surface area contributed by atoms with Gasteiger partial charge in [-0.15, -0.1) is 0 Å². The van der Waals surface area contributed by atoms with Gasteiger partial charge in [0.1, 0.15) is 11.5 Å². The van der Waals surface area contributed by atoms with Gasteiger partial charge in [0.2, 0.25) is 0 Å². The highest BCUT2D eigenvalue weighted by Gasteiger charge is 2.45. The largest absolute Gasteiger partial charge is 0.373 e. The second-order valence-electron chi connectivity index (χ2n) is 7.28. The molecule has 0 aromatic carbocycles. The lowest BCUT2D eigenvalue weighted by molar-refractivity contribution is -0.0721. The van der Waals surface area contributed by atoms with Crippen LogP contribution in [0.4, 0.5) is 5.82 Å². The molecule has 2 aliphatic rings. The van der Waals surface area contributed by atoms with Gasteiger partial charge in [-0.2, -0.15) is 0 Å². The lowest BCUT2D eigenvalue weighted by Crippen LogP contribution is -2.47. The van der Waals surface area contributed by atoms with Crippen molar-refractivity contribution in [2.45, 2.75) is 37.8 Å². The molecule has 2 fully saturated rings. The van der Waals surface area contributed by atoms with Gasteiger partial charge in [-0.05, 0) is 56.0 Å². The number of hydrogen-bond acceptors (Lipinski definition) is 5. The van der Waals surface area contributed by atoms with Gasteiger partial charge in [-0.25, -0.2) is 4.98 Å². The average Bonchev–Trinajstić information content (AvgIpc) is 3.05. The number of nitrogens with zero attached hydrogens (tertiary/aromatic N) is 3. The van der Waals surface area contributed by atoms with E-state index in [9.17, 15) is 4.79 Å². The van der Waals surface area contributed by atoms with Crippen LogP contribution >= 0.6 is 0 Å². The second kappa shape index (κ2) is 7.03. The van der Waals surface area contributed by atoms with Crippen LogP contribution in [0.15, 0.2) is 42.7 Å². The van der Waals surface area contributed by atoms with Crippen LogP contribution in [0.3, 0.4) is 0 Å². The van der Waals surface area contributed by atoms with Crippen molar-refractivity contribution >= 4 is 11.7 Å². The SMILES string of the molecule is Cc1ccnc(C(=O)N2CC[C@@]3(C[C@H](Nc4ccccn4)CCO3)C2)c1. The standard InChI is InChI=1S/C20H24N4O2/c1-15-5-9-21-17(12-15)19(25)24-10-7-20(14-24)13-16(6-11-26-20)23-18-4-2-3-8-22-18/h2-5,8-9,12,16H,6-7,10-11,13-14H2,1H3,(H,22,23)/t16-,20-/m1/s1. The Labute approximate surface area is 153 Å². The molecule has 1 amide bonds. The minimum atomic E-state index is -0.260. The highest BCUT2D eigenvalue weighted by molar-refractivity contribution is 5.92. The van der Waals surface area contributed by atoms with Crippen LogP contribution in [0.5, 0.6) is 0 Å². The summed E-state index contributed by atoms with van der Waals surface area (Å²) in [5.41, 5.74) is 1.30. The zero-order chi connectivity index (χ0) is 18.0. The van der Waals surface area contributed by atoms with Crippen LogP contribution in [-0.2, 0) is 4.74 Å². The number of ether oxygens (including phenoxy) is 1. The van der Waals surface area contributed by atoms with Crippen LogP contribution < -0.4 is 5.32 Å². The number of hydrogen-bond donors (Lipinski definition) is 1. The lowest BCUT2D eigenvalue weighted by atomic mass is 9.89. The van der Waals surface area contributed by atoms with E-state index in [2.05, 4.69) is 15.3 Å². The molecule has 136 valence electrons. The molecule has 2 atom stereocenters. The molecule has 26 heavy (non-hydrogen) atoms. The smallest absolute Gasteiger partial charge is 0.272 e. The fourth-order valence-electron chi connectivity index (χ4n) is 3.93. The number of anilines is 1. The van der Waals surface area contributed by atoms with Gasteiger partial charge < -0.3 is 15.0 Å². The molecular formula is C20H24N4O2. The van der Waals surface area contributed by atoms with E-state index in [0.29, 0.717) is 31.4 Å². The number of amides is 1. The Kier molecular flexibility index (Phi) is 4.59. The molecule has 4 rings (SSSR count). The summed E-state index contributed by atoms with van der Waals surface area (Å²) in [4.78, 5) is 23.2. The first-order chi connectivity index (χ1) is 12.6. The first kappa shape index (κ1) is 17.0. The molecule has 0 bridgehead atoms. The van der Waals surface area contributed by atoms with Crippen molar-refractivity contribution in [2.24, 2.45) is 0 Å². The quantitative estimate of drug-likeness (QED) is 0.920. The first-order valence-corrected chi connectivity index (χ1v) is 9.17. The lowest BCUT2D eigenvalue weighted by Gasteiger charge is -2.38. The molecular weight excluding hydrogens is 328 g/mol. The molecule has 1 spiro atoms. The minimum Gasteiger partial charge on any atom is -0.373 e. The monoisotopic (exact) mass is 352 g/mol. The molecule has 2 aromatic rings. The van der Waals surface area contributed by atoms with Gasteiger partial charge >= 0.3 is 0 Å². The predicted molar refractivity (Wildman–Crippen MR) is 99.1 cm³/mol. The maximum Gasteiger partial charge on any atom is 0.272 e. The average molecular weight is 352 g/mol. The summed E-state index contributed by atoms with van der Waals surface area (Å²) in [6.45, 7) is 4.02. The summed E-state index contributed by atoms with van der Waals surface area (Å²) < 4.78 is 6.16. The van der Waals surface area contributed by atoms with Crippen molar-refractivity contribution in [3.63, 3.8) is 0 Å². The third-order valence-corrected chi connectivity index (χ3v) is 5.25. The van der Waals surface area contributed by atoms with Gasteiger partial charge in [0.05, 0.1) is 12.1 Å².